The summed E-state index contributed by atoms with van der Waals surface area (Å²) in [5.74, 6) is 1.27. The highest BCUT2D eigenvalue weighted by atomic mass is 15.4. The van der Waals surface area contributed by atoms with Crippen molar-refractivity contribution in [3.8, 4) is 22.6 Å². The highest BCUT2D eigenvalue weighted by Gasteiger charge is 2.11. The van der Waals surface area contributed by atoms with E-state index in [0.717, 1.165) is 60.0 Å². The smallest absolute Gasteiger partial charge is 0.238 e. The van der Waals surface area contributed by atoms with E-state index in [1.54, 1.807) is 0 Å². The number of H-pyrrole nitrogens is 1. The van der Waals surface area contributed by atoms with Crippen molar-refractivity contribution in [3.63, 3.8) is 0 Å². The Kier molecular flexibility index (Phi) is 6.54. The number of rotatable bonds is 9. The molecule has 7 nitrogen and oxygen atoms in total. The van der Waals surface area contributed by atoms with Crippen LogP contribution in [-0.4, -0.2) is 51.0 Å². The highest BCUT2D eigenvalue weighted by Crippen LogP contribution is 2.25. The van der Waals surface area contributed by atoms with E-state index < -0.39 is 0 Å². The van der Waals surface area contributed by atoms with Crippen molar-refractivity contribution in [2.45, 2.75) is 20.8 Å². The van der Waals surface area contributed by atoms with E-state index in [0.29, 0.717) is 5.95 Å². The molecule has 0 bridgehead atoms. The Morgan fingerprint density at radius 1 is 0.903 bits per heavy atom. The number of nitrogens with zero attached hydrogens (tertiary/aromatic N) is 4. The number of aromatic amines is 1. The van der Waals surface area contributed by atoms with Crippen LogP contribution in [0.15, 0.2) is 54.6 Å². The zero-order chi connectivity index (χ0) is 21.6. The summed E-state index contributed by atoms with van der Waals surface area (Å²) in [7, 11) is 0. The lowest BCUT2D eigenvalue weighted by molar-refractivity contribution is 0.305. The fourth-order valence-electron chi connectivity index (χ4n) is 3.58. The zero-order valence-electron chi connectivity index (χ0n) is 18.3. The number of hydrazine groups is 1. The van der Waals surface area contributed by atoms with Crippen molar-refractivity contribution in [2.24, 2.45) is 0 Å². The third-order valence-electron chi connectivity index (χ3n) is 5.33. The molecule has 0 fully saturated rings. The van der Waals surface area contributed by atoms with Crippen LogP contribution in [0, 0.1) is 6.92 Å². The Bertz CT molecular complexity index is 1130. The van der Waals surface area contributed by atoms with Crippen molar-refractivity contribution < 1.29 is 0 Å². The molecule has 0 radical (unpaired) electrons. The van der Waals surface area contributed by atoms with Crippen LogP contribution in [0.4, 0.5) is 5.95 Å². The van der Waals surface area contributed by atoms with Gasteiger partial charge in [-0.25, -0.2) is 20.4 Å². The predicted octanol–water partition coefficient (Wildman–Crippen LogP) is 4.25. The first-order chi connectivity index (χ1) is 15.2. The lowest BCUT2D eigenvalue weighted by Crippen LogP contribution is -2.34. The predicted molar refractivity (Wildman–Crippen MR) is 127 cm³/mol. The summed E-state index contributed by atoms with van der Waals surface area (Å²) in [6, 6.07) is 18.5. The lowest BCUT2D eigenvalue weighted by Gasteiger charge is -2.18. The van der Waals surface area contributed by atoms with E-state index in [9.17, 15) is 0 Å². The van der Waals surface area contributed by atoms with Crippen molar-refractivity contribution in [3.05, 3.63) is 60.3 Å². The number of fused-ring (bicyclic) bond motifs is 1. The van der Waals surface area contributed by atoms with Gasteiger partial charge in [-0.05, 0) is 49.3 Å². The molecule has 4 rings (SSSR count). The van der Waals surface area contributed by atoms with Crippen molar-refractivity contribution in [1.29, 1.82) is 0 Å². The van der Waals surface area contributed by atoms with Crippen molar-refractivity contribution in [1.82, 2.24) is 30.3 Å². The molecule has 0 saturated carbocycles. The fourth-order valence-corrected chi connectivity index (χ4v) is 3.58. The molecule has 0 spiro atoms. The van der Waals surface area contributed by atoms with Crippen molar-refractivity contribution in [2.75, 3.05) is 31.6 Å². The molecule has 0 aliphatic carbocycles. The van der Waals surface area contributed by atoms with Gasteiger partial charge in [-0.1, -0.05) is 50.2 Å². The van der Waals surface area contributed by atoms with Gasteiger partial charge in [-0.3, -0.25) is 5.43 Å². The molecule has 0 atom stereocenters. The highest BCUT2D eigenvalue weighted by molar-refractivity contribution is 5.84. The quantitative estimate of drug-likeness (QED) is 0.280. The normalized spacial score (nSPS) is 11.4. The van der Waals surface area contributed by atoms with Gasteiger partial charge in [0.2, 0.25) is 5.95 Å². The van der Waals surface area contributed by atoms with Gasteiger partial charge in [0.25, 0.3) is 0 Å². The third-order valence-corrected chi connectivity index (χ3v) is 5.33. The van der Waals surface area contributed by atoms with Crippen LogP contribution >= 0.6 is 0 Å². The summed E-state index contributed by atoms with van der Waals surface area (Å²) in [5.41, 5.74) is 12.2. The molecule has 3 N–H and O–H groups in total. The number of imidazole rings is 1. The molecule has 0 aliphatic rings. The molecule has 0 amide bonds. The molecule has 7 heteroatoms. The number of anilines is 1. The molecule has 0 saturated heterocycles. The van der Waals surface area contributed by atoms with E-state index in [1.165, 1.54) is 5.56 Å². The summed E-state index contributed by atoms with van der Waals surface area (Å²) in [4.78, 5) is 19.6. The minimum absolute atomic E-state index is 0.542. The van der Waals surface area contributed by atoms with Crippen molar-refractivity contribution >= 4 is 17.0 Å². The summed E-state index contributed by atoms with van der Waals surface area (Å²) < 4.78 is 0. The molecule has 4 aromatic rings. The Balaban J connectivity index is 1.52. The second-order valence-corrected chi connectivity index (χ2v) is 7.48. The van der Waals surface area contributed by atoms with E-state index in [-0.39, 0.29) is 0 Å². The molecule has 160 valence electrons. The van der Waals surface area contributed by atoms with E-state index >= 15 is 0 Å². The van der Waals surface area contributed by atoms with Gasteiger partial charge < -0.3 is 9.88 Å². The molecule has 2 aromatic carbocycles. The average molecular weight is 416 g/mol. The van der Waals surface area contributed by atoms with Crippen LogP contribution in [0.5, 0.6) is 0 Å². The van der Waals surface area contributed by atoms with Gasteiger partial charge in [0.05, 0.1) is 11.0 Å². The van der Waals surface area contributed by atoms with E-state index in [2.05, 4.69) is 68.8 Å². The van der Waals surface area contributed by atoms with Crippen LogP contribution in [0.25, 0.3) is 33.7 Å². The van der Waals surface area contributed by atoms with Crippen LogP contribution in [0.3, 0.4) is 0 Å². The average Bonchev–Trinajstić information content (AvgIpc) is 3.23. The SMILES string of the molecule is CCN(CC)CCNNc1nc(C)cc(-c2nc3ccc(-c4ccccc4)cc3[nH]2)n1. The molecular weight excluding hydrogens is 386 g/mol. The Morgan fingerprint density at radius 3 is 2.48 bits per heavy atom. The minimum atomic E-state index is 0.542. The Hall–Kier alpha value is -3.29. The number of nitrogens with one attached hydrogen (secondary N) is 3. The molecule has 0 unspecified atom stereocenters. The van der Waals surface area contributed by atoms with E-state index in [4.69, 9.17) is 4.98 Å². The van der Waals surface area contributed by atoms with Crippen LogP contribution in [0.2, 0.25) is 0 Å². The first-order valence-electron chi connectivity index (χ1n) is 10.8. The number of likely N-dealkylation sites (N-methyl/N-ethyl adjacent to an activating group) is 1. The van der Waals surface area contributed by atoms with E-state index in [1.807, 2.05) is 37.3 Å². The number of hydrogen-bond acceptors (Lipinski definition) is 6. The number of benzene rings is 2. The topological polar surface area (TPSA) is 81.8 Å². The molecule has 2 aromatic heterocycles. The van der Waals surface area contributed by atoms with Crippen LogP contribution in [0.1, 0.15) is 19.5 Å². The fraction of sp³-hybridized carbons (Fsp3) is 0.292. The standard InChI is InChI=1S/C24H29N7/c1-4-31(5-2)14-13-25-30-24-26-17(3)15-22(29-24)23-27-20-12-11-19(16-21(20)28-23)18-9-7-6-8-10-18/h6-12,15-16,25H,4-5,13-14H2,1-3H3,(H,27,28)(H,26,29,30). The molecule has 2 heterocycles. The maximum Gasteiger partial charge on any atom is 0.238 e. The van der Waals surface area contributed by atoms with Crippen LogP contribution < -0.4 is 10.9 Å². The second kappa shape index (κ2) is 9.68. The summed E-state index contributed by atoms with van der Waals surface area (Å²) >= 11 is 0. The number of hydrogen-bond donors (Lipinski definition) is 3. The second-order valence-electron chi connectivity index (χ2n) is 7.48. The van der Waals surface area contributed by atoms with Gasteiger partial charge >= 0.3 is 0 Å². The lowest BCUT2D eigenvalue weighted by atomic mass is 10.1. The van der Waals surface area contributed by atoms with Gasteiger partial charge in [-0.15, -0.1) is 0 Å². The van der Waals surface area contributed by atoms with Gasteiger partial charge in [0.1, 0.15) is 5.69 Å². The maximum absolute atomic E-state index is 4.74. The monoisotopic (exact) mass is 415 g/mol. The first-order valence-corrected chi connectivity index (χ1v) is 10.8. The maximum atomic E-state index is 4.74. The summed E-state index contributed by atoms with van der Waals surface area (Å²) in [6.45, 7) is 10.2. The van der Waals surface area contributed by atoms with Crippen LogP contribution in [-0.2, 0) is 0 Å². The molecule has 31 heavy (non-hydrogen) atoms. The minimum Gasteiger partial charge on any atom is -0.337 e. The zero-order valence-corrected chi connectivity index (χ0v) is 18.3. The largest absolute Gasteiger partial charge is 0.337 e. The Labute approximate surface area is 182 Å². The van der Waals surface area contributed by atoms with Gasteiger partial charge in [0.15, 0.2) is 5.82 Å². The summed E-state index contributed by atoms with van der Waals surface area (Å²) in [6.07, 6.45) is 0. The van der Waals surface area contributed by atoms with Gasteiger partial charge in [-0.2, -0.15) is 0 Å². The Morgan fingerprint density at radius 2 is 1.71 bits per heavy atom. The number of aryl methyl sites for hydroxylation is 1. The first kappa shape index (κ1) is 21.0. The molecule has 0 aliphatic heterocycles. The third kappa shape index (κ3) is 5.07. The molecular formula is C24H29N7. The summed E-state index contributed by atoms with van der Waals surface area (Å²) in [5, 5.41) is 0. The van der Waals surface area contributed by atoms with Gasteiger partial charge in [0, 0.05) is 18.8 Å². The number of aromatic nitrogens is 4.